The smallest absolute Gasteiger partial charge is 0.306 e. The monoisotopic (exact) mass is 867 g/mol. The van der Waals surface area contributed by atoms with Gasteiger partial charge in [0.25, 0.3) is 0 Å². The summed E-state index contributed by atoms with van der Waals surface area (Å²) in [4.78, 5) is 38.0. The zero-order chi connectivity index (χ0) is 45.1. The lowest BCUT2D eigenvalue weighted by molar-refractivity contribution is -0.167. The summed E-state index contributed by atoms with van der Waals surface area (Å²) >= 11 is 0. The summed E-state index contributed by atoms with van der Waals surface area (Å²) < 4.78 is 16.8. The fourth-order valence-corrected chi connectivity index (χ4v) is 7.38. The normalized spacial score (nSPS) is 12.5. The van der Waals surface area contributed by atoms with E-state index in [0.717, 1.165) is 96.3 Å². The number of carbonyl (C=O) groups is 3. The molecule has 0 N–H and O–H groups in total. The Balaban J connectivity index is 4.33. The Hall–Kier alpha value is -2.89. The second-order valence-electron chi connectivity index (χ2n) is 17.4. The van der Waals surface area contributed by atoms with Gasteiger partial charge in [-0.25, -0.2) is 0 Å². The molecule has 0 aromatic carbocycles. The second kappa shape index (κ2) is 50.8. The first kappa shape index (κ1) is 59.1. The van der Waals surface area contributed by atoms with E-state index in [2.05, 4.69) is 81.5 Å². The average molecular weight is 867 g/mol. The van der Waals surface area contributed by atoms with E-state index >= 15 is 0 Å². The molecule has 0 fully saturated rings. The summed E-state index contributed by atoms with van der Waals surface area (Å²) in [7, 11) is 0. The summed E-state index contributed by atoms with van der Waals surface area (Å²) in [5.74, 6) is -0.886. The van der Waals surface area contributed by atoms with E-state index in [1.54, 1.807) is 0 Å². The number of esters is 3. The van der Waals surface area contributed by atoms with Crippen molar-refractivity contribution < 1.29 is 28.6 Å². The molecule has 6 heteroatoms. The molecule has 358 valence electrons. The number of rotatable bonds is 47. The minimum absolute atomic E-state index is 0.0771. The molecule has 0 aromatic rings. The van der Waals surface area contributed by atoms with Gasteiger partial charge in [-0.1, -0.05) is 223 Å². The number of allylic oxidation sites excluding steroid dienone is 10. The molecule has 0 saturated carbocycles. The van der Waals surface area contributed by atoms with Gasteiger partial charge in [-0.2, -0.15) is 0 Å². The van der Waals surface area contributed by atoms with Crippen LogP contribution < -0.4 is 0 Å². The minimum Gasteiger partial charge on any atom is -0.462 e. The summed E-state index contributed by atoms with van der Waals surface area (Å²) in [5.41, 5.74) is 0. The van der Waals surface area contributed by atoms with Crippen LogP contribution in [0.25, 0.3) is 0 Å². The molecule has 0 spiro atoms. The predicted molar refractivity (Wildman–Crippen MR) is 265 cm³/mol. The number of ether oxygens (including phenoxy) is 3. The molecule has 1 atom stereocenters. The van der Waals surface area contributed by atoms with E-state index in [4.69, 9.17) is 14.2 Å². The lowest BCUT2D eigenvalue weighted by atomic mass is 10.1. The molecule has 1 unspecified atom stereocenters. The van der Waals surface area contributed by atoms with Gasteiger partial charge in [0.2, 0.25) is 0 Å². The minimum atomic E-state index is -0.777. The maximum Gasteiger partial charge on any atom is 0.306 e. The lowest BCUT2D eigenvalue weighted by Gasteiger charge is -2.18. The molecule has 0 aromatic heterocycles. The SMILES string of the molecule is CC/C=C\C/C=C\C/C=C\CCCCCCCCCCCC(=O)OCC(COC(=O)CCCCCCCCCCCCC)OC(=O)CCCCCCCCC/C=C\C/C=C\CC. The molecule has 0 heterocycles. The Kier molecular flexibility index (Phi) is 48.4. The van der Waals surface area contributed by atoms with Gasteiger partial charge < -0.3 is 14.2 Å². The third-order valence-corrected chi connectivity index (χ3v) is 11.3. The van der Waals surface area contributed by atoms with Crippen molar-refractivity contribution in [2.75, 3.05) is 13.2 Å². The van der Waals surface area contributed by atoms with Crippen molar-refractivity contribution in [2.24, 2.45) is 0 Å². The molecule has 62 heavy (non-hydrogen) atoms. The highest BCUT2D eigenvalue weighted by molar-refractivity contribution is 5.71. The van der Waals surface area contributed by atoms with Crippen LogP contribution in [0.15, 0.2) is 60.8 Å². The van der Waals surface area contributed by atoms with E-state index in [1.807, 2.05) is 0 Å². The Bertz CT molecular complexity index is 1130. The van der Waals surface area contributed by atoms with E-state index in [9.17, 15) is 14.4 Å². The van der Waals surface area contributed by atoms with Crippen LogP contribution in [0.2, 0.25) is 0 Å². The van der Waals surface area contributed by atoms with Crippen LogP contribution in [0.3, 0.4) is 0 Å². The molecule has 0 saturated heterocycles. The molecule has 0 aliphatic heterocycles. The number of hydrogen-bond donors (Lipinski definition) is 0. The van der Waals surface area contributed by atoms with E-state index < -0.39 is 6.10 Å². The largest absolute Gasteiger partial charge is 0.462 e. The van der Waals surface area contributed by atoms with Crippen molar-refractivity contribution in [3.63, 3.8) is 0 Å². The van der Waals surface area contributed by atoms with E-state index in [1.165, 1.54) is 122 Å². The Morgan fingerprint density at radius 1 is 0.339 bits per heavy atom. The van der Waals surface area contributed by atoms with Crippen LogP contribution in [-0.4, -0.2) is 37.2 Å². The van der Waals surface area contributed by atoms with Gasteiger partial charge in [-0.15, -0.1) is 0 Å². The summed E-state index contributed by atoms with van der Waals surface area (Å²) in [6, 6.07) is 0. The molecule has 0 bridgehead atoms. The molecule has 0 aliphatic carbocycles. The summed E-state index contributed by atoms with van der Waals surface area (Å²) in [6.07, 6.45) is 62.0. The molecule has 0 radical (unpaired) electrons. The first-order valence-corrected chi connectivity index (χ1v) is 26.3. The van der Waals surface area contributed by atoms with Gasteiger partial charge in [0.05, 0.1) is 0 Å². The fourth-order valence-electron chi connectivity index (χ4n) is 7.38. The third-order valence-electron chi connectivity index (χ3n) is 11.3. The lowest BCUT2D eigenvalue weighted by Crippen LogP contribution is -2.30. The zero-order valence-electron chi connectivity index (χ0n) is 40.9. The van der Waals surface area contributed by atoms with Gasteiger partial charge in [-0.3, -0.25) is 14.4 Å². The first-order chi connectivity index (χ1) is 30.5. The highest BCUT2D eigenvalue weighted by Gasteiger charge is 2.19. The second-order valence-corrected chi connectivity index (χ2v) is 17.4. The van der Waals surface area contributed by atoms with Crippen molar-refractivity contribution in [3.8, 4) is 0 Å². The van der Waals surface area contributed by atoms with E-state index in [-0.39, 0.29) is 31.1 Å². The predicted octanol–water partition coefficient (Wildman–Crippen LogP) is 17.3. The van der Waals surface area contributed by atoms with Gasteiger partial charge in [0, 0.05) is 19.3 Å². The summed E-state index contributed by atoms with van der Waals surface area (Å²) in [5, 5.41) is 0. The number of carbonyl (C=O) groups excluding carboxylic acids is 3. The quantitative estimate of drug-likeness (QED) is 0.0262. The van der Waals surface area contributed by atoms with Gasteiger partial charge in [0.15, 0.2) is 6.10 Å². The maximum absolute atomic E-state index is 12.8. The maximum atomic E-state index is 12.8. The molecular formula is C56H98O6. The standard InChI is InChI=1S/C56H98O6/c1-4-7-10-13-16-19-22-24-26-27-28-29-30-32-34-37-40-43-46-49-55(58)61-52-53(51-60-54(57)48-45-42-39-36-33-21-18-15-12-9-6-3)62-56(59)50-47-44-41-38-35-31-25-23-20-17-14-11-8-5-2/h7-8,10-11,16-17,19-20,24,26,53H,4-6,9,12-15,18,21-23,25,27-52H2,1-3H3/b10-7-,11-8-,19-16-,20-17-,26-24-. The Labute approximate surface area is 383 Å². The van der Waals surface area contributed by atoms with Crippen LogP contribution in [0.4, 0.5) is 0 Å². The molecule has 6 nitrogen and oxygen atoms in total. The van der Waals surface area contributed by atoms with E-state index in [0.29, 0.717) is 19.3 Å². The van der Waals surface area contributed by atoms with Gasteiger partial charge in [-0.05, 0) is 77.0 Å². The fraction of sp³-hybridized carbons (Fsp3) is 0.768. The van der Waals surface area contributed by atoms with Crippen molar-refractivity contribution >= 4 is 17.9 Å². The Morgan fingerprint density at radius 2 is 0.629 bits per heavy atom. The van der Waals surface area contributed by atoms with Crippen molar-refractivity contribution in [3.05, 3.63) is 60.8 Å². The molecule has 0 amide bonds. The van der Waals surface area contributed by atoms with Crippen LogP contribution in [-0.2, 0) is 28.6 Å². The average Bonchev–Trinajstić information content (AvgIpc) is 3.27. The van der Waals surface area contributed by atoms with Crippen LogP contribution >= 0.6 is 0 Å². The number of hydrogen-bond acceptors (Lipinski definition) is 6. The molecular weight excluding hydrogens is 769 g/mol. The van der Waals surface area contributed by atoms with Crippen LogP contribution in [0, 0.1) is 0 Å². The van der Waals surface area contributed by atoms with Crippen molar-refractivity contribution in [2.45, 2.75) is 264 Å². The van der Waals surface area contributed by atoms with Crippen molar-refractivity contribution in [1.29, 1.82) is 0 Å². The highest BCUT2D eigenvalue weighted by atomic mass is 16.6. The third kappa shape index (κ3) is 48.1. The van der Waals surface area contributed by atoms with Gasteiger partial charge >= 0.3 is 17.9 Å². The molecule has 0 aliphatic rings. The van der Waals surface area contributed by atoms with Gasteiger partial charge in [0.1, 0.15) is 13.2 Å². The summed E-state index contributed by atoms with van der Waals surface area (Å²) in [6.45, 7) is 6.42. The molecule has 0 rings (SSSR count). The van der Waals surface area contributed by atoms with Crippen LogP contribution in [0.1, 0.15) is 258 Å². The highest BCUT2D eigenvalue weighted by Crippen LogP contribution is 2.15. The zero-order valence-corrected chi connectivity index (χ0v) is 40.9. The topological polar surface area (TPSA) is 78.9 Å². The Morgan fingerprint density at radius 3 is 0.984 bits per heavy atom. The van der Waals surface area contributed by atoms with Crippen molar-refractivity contribution in [1.82, 2.24) is 0 Å². The number of unbranched alkanes of at least 4 members (excludes halogenated alkanes) is 26. The van der Waals surface area contributed by atoms with Crippen LogP contribution in [0.5, 0.6) is 0 Å². The first-order valence-electron chi connectivity index (χ1n) is 26.3.